The Balaban J connectivity index is 2.64. The van der Waals surface area contributed by atoms with Crippen molar-refractivity contribution in [2.45, 2.75) is 0 Å². The van der Waals surface area contributed by atoms with Crippen LogP contribution in [0.25, 0.3) is 11.1 Å². The van der Waals surface area contributed by atoms with Gasteiger partial charge in [0.1, 0.15) is 11.6 Å². The van der Waals surface area contributed by atoms with Crippen molar-refractivity contribution in [1.82, 2.24) is 5.16 Å². The van der Waals surface area contributed by atoms with E-state index < -0.39 is 5.82 Å². The summed E-state index contributed by atoms with van der Waals surface area (Å²) in [4.78, 5) is 0. The van der Waals surface area contributed by atoms with E-state index in [0.29, 0.717) is 21.3 Å². The van der Waals surface area contributed by atoms with E-state index in [2.05, 4.69) is 21.1 Å². The number of ether oxygens (including phenoxy) is 1. The minimum absolute atomic E-state index is 0.164. The molecule has 0 fully saturated rings. The van der Waals surface area contributed by atoms with Gasteiger partial charge in [0.15, 0.2) is 0 Å². The molecule has 2 rings (SSSR count). The van der Waals surface area contributed by atoms with E-state index in [1.54, 1.807) is 6.07 Å². The summed E-state index contributed by atoms with van der Waals surface area (Å²) in [6.07, 6.45) is 1.46. The van der Waals surface area contributed by atoms with Crippen LogP contribution in [0.5, 0.6) is 5.75 Å². The largest absolute Gasteiger partial charge is 0.496 e. The van der Waals surface area contributed by atoms with Gasteiger partial charge in [-0.05, 0) is 22.0 Å². The number of aromatic nitrogens is 1. The van der Waals surface area contributed by atoms with Crippen molar-refractivity contribution in [2.24, 2.45) is 0 Å². The van der Waals surface area contributed by atoms with Gasteiger partial charge in [-0.1, -0.05) is 5.16 Å². The van der Waals surface area contributed by atoms with Gasteiger partial charge in [0.2, 0.25) is 5.88 Å². The van der Waals surface area contributed by atoms with E-state index in [-0.39, 0.29) is 5.88 Å². The lowest BCUT2D eigenvalue weighted by atomic mass is 10.1. The number of anilines is 1. The van der Waals surface area contributed by atoms with Gasteiger partial charge in [0, 0.05) is 11.6 Å². The molecule has 4 nitrogen and oxygen atoms in total. The number of halogens is 2. The van der Waals surface area contributed by atoms with Gasteiger partial charge < -0.3 is 15.0 Å². The zero-order valence-corrected chi connectivity index (χ0v) is 9.92. The van der Waals surface area contributed by atoms with Crippen molar-refractivity contribution in [3.05, 3.63) is 28.6 Å². The minimum atomic E-state index is -0.407. The fourth-order valence-electron chi connectivity index (χ4n) is 1.36. The first kappa shape index (κ1) is 10.9. The zero-order valence-electron chi connectivity index (χ0n) is 8.33. The highest BCUT2D eigenvalue weighted by atomic mass is 79.9. The average Bonchev–Trinajstić information content (AvgIpc) is 2.68. The summed E-state index contributed by atoms with van der Waals surface area (Å²) in [7, 11) is 1.45. The van der Waals surface area contributed by atoms with Gasteiger partial charge >= 0.3 is 0 Å². The summed E-state index contributed by atoms with van der Waals surface area (Å²) in [5, 5.41) is 3.56. The highest BCUT2D eigenvalue weighted by molar-refractivity contribution is 9.10. The summed E-state index contributed by atoms with van der Waals surface area (Å²) < 4.78 is 23.4. The van der Waals surface area contributed by atoms with Crippen LogP contribution in [-0.2, 0) is 0 Å². The van der Waals surface area contributed by atoms with Crippen molar-refractivity contribution < 1.29 is 13.7 Å². The van der Waals surface area contributed by atoms with Crippen LogP contribution in [0.15, 0.2) is 27.3 Å². The van der Waals surface area contributed by atoms with Crippen molar-refractivity contribution >= 4 is 21.8 Å². The molecule has 1 heterocycles. The quantitative estimate of drug-likeness (QED) is 0.922. The molecular formula is C10H8BrFN2O2. The van der Waals surface area contributed by atoms with Gasteiger partial charge in [-0.25, -0.2) is 4.39 Å². The lowest BCUT2D eigenvalue weighted by molar-refractivity contribution is 0.412. The average molecular weight is 287 g/mol. The highest BCUT2D eigenvalue weighted by Crippen LogP contribution is 2.36. The molecule has 0 saturated heterocycles. The second kappa shape index (κ2) is 4.13. The second-order valence-electron chi connectivity index (χ2n) is 3.07. The molecule has 0 bridgehead atoms. The molecule has 0 atom stereocenters. The Morgan fingerprint density at radius 2 is 2.19 bits per heavy atom. The lowest BCUT2D eigenvalue weighted by Crippen LogP contribution is -1.92. The monoisotopic (exact) mass is 286 g/mol. The highest BCUT2D eigenvalue weighted by Gasteiger charge is 2.15. The van der Waals surface area contributed by atoms with Crippen molar-refractivity contribution in [1.29, 1.82) is 0 Å². The summed E-state index contributed by atoms with van der Waals surface area (Å²) in [5.74, 6) is 0.128. The first-order valence-corrected chi connectivity index (χ1v) is 5.16. The summed E-state index contributed by atoms with van der Waals surface area (Å²) in [6, 6.07) is 2.84. The van der Waals surface area contributed by atoms with Gasteiger partial charge in [-0.15, -0.1) is 0 Å². The maximum Gasteiger partial charge on any atom is 0.230 e. The van der Waals surface area contributed by atoms with E-state index in [4.69, 9.17) is 15.0 Å². The molecule has 2 aromatic rings. The number of nitrogens with zero attached hydrogens (tertiary/aromatic N) is 1. The molecule has 0 unspecified atom stereocenters. The van der Waals surface area contributed by atoms with Crippen molar-refractivity contribution in [2.75, 3.05) is 12.8 Å². The molecule has 0 radical (unpaired) electrons. The van der Waals surface area contributed by atoms with Crippen LogP contribution in [0.2, 0.25) is 0 Å². The molecule has 0 aliphatic heterocycles. The molecule has 0 saturated carbocycles. The maximum atomic E-state index is 13.3. The van der Waals surface area contributed by atoms with Crippen LogP contribution in [-0.4, -0.2) is 12.3 Å². The standard InChI is InChI=1S/C10H8BrFN2O2/c1-15-9-3-8(12)7(11)2-5(9)6-4-14-16-10(6)13/h2-4H,13H2,1H3. The molecule has 0 aliphatic carbocycles. The molecular weight excluding hydrogens is 279 g/mol. The molecule has 0 spiro atoms. The summed E-state index contributed by atoms with van der Waals surface area (Å²) in [5.41, 5.74) is 6.78. The van der Waals surface area contributed by atoms with E-state index in [1.165, 1.54) is 19.4 Å². The van der Waals surface area contributed by atoms with Gasteiger partial charge in [0.25, 0.3) is 0 Å². The number of nitrogen functional groups attached to an aromatic ring is 1. The molecule has 1 aromatic carbocycles. The minimum Gasteiger partial charge on any atom is -0.496 e. The smallest absolute Gasteiger partial charge is 0.230 e. The Labute approximate surface area is 99.3 Å². The number of hydrogen-bond donors (Lipinski definition) is 1. The maximum absolute atomic E-state index is 13.3. The molecule has 2 N–H and O–H groups in total. The van der Waals surface area contributed by atoms with Crippen LogP contribution in [0.3, 0.4) is 0 Å². The Hall–Kier alpha value is -1.56. The van der Waals surface area contributed by atoms with Crippen LogP contribution in [0.1, 0.15) is 0 Å². The molecule has 84 valence electrons. The van der Waals surface area contributed by atoms with E-state index in [9.17, 15) is 4.39 Å². The fourth-order valence-corrected chi connectivity index (χ4v) is 1.70. The molecule has 0 aliphatic rings. The molecule has 1 aromatic heterocycles. The van der Waals surface area contributed by atoms with Crippen LogP contribution in [0.4, 0.5) is 10.3 Å². The predicted molar refractivity (Wildman–Crippen MR) is 60.6 cm³/mol. The van der Waals surface area contributed by atoms with Gasteiger partial charge in [-0.2, -0.15) is 0 Å². The first-order valence-electron chi connectivity index (χ1n) is 4.37. The Morgan fingerprint density at radius 3 is 2.75 bits per heavy atom. The second-order valence-corrected chi connectivity index (χ2v) is 3.92. The number of methoxy groups -OCH3 is 1. The fraction of sp³-hybridized carbons (Fsp3) is 0.100. The Morgan fingerprint density at radius 1 is 1.44 bits per heavy atom. The van der Waals surface area contributed by atoms with E-state index in [1.807, 2.05) is 0 Å². The topological polar surface area (TPSA) is 61.3 Å². The number of nitrogens with two attached hydrogens (primary N) is 1. The summed E-state index contributed by atoms with van der Waals surface area (Å²) in [6.45, 7) is 0. The third-order valence-electron chi connectivity index (χ3n) is 2.13. The van der Waals surface area contributed by atoms with Crippen LogP contribution >= 0.6 is 15.9 Å². The summed E-state index contributed by atoms with van der Waals surface area (Å²) >= 11 is 3.10. The van der Waals surface area contributed by atoms with Crippen LogP contribution in [0, 0.1) is 5.82 Å². The zero-order chi connectivity index (χ0) is 11.7. The molecule has 0 amide bonds. The third-order valence-corrected chi connectivity index (χ3v) is 2.74. The van der Waals surface area contributed by atoms with Crippen molar-refractivity contribution in [3.8, 4) is 16.9 Å². The molecule has 16 heavy (non-hydrogen) atoms. The third kappa shape index (κ3) is 1.76. The number of rotatable bonds is 2. The predicted octanol–water partition coefficient (Wildman–Crippen LogP) is 2.83. The Bertz CT molecular complexity index is 528. The van der Waals surface area contributed by atoms with Gasteiger partial charge in [0.05, 0.1) is 23.3 Å². The molecule has 6 heteroatoms. The SMILES string of the molecule is COc1cc(F)c(Br)cc1-c1cnoc1N. The van der Waals surface area contributed by atoms with Crippen LogP contribution < -0.4 is 10.5 Å². The van der Waals surface area contributed by atoms with Gasteiger partial charge in [-0.3, -0.25) is 0 Å². The Kier molecular flexibility index (Phi) is 2.82. The van der Waals surface area contributed by atoms with Crippen molar-refractivity contribution in [3.63, 3.8) is 0 Å². The first-order chi connectivity index (χ1) is 7.63. The lowest BCUT2D eigenvalue weighted by Gasteiger charge is -2.08. The number of hydrogen-bond acceptors (Lipinski definition) is 4. The number of benzene rings is 1. The normalized spacial score (nSPS) is 10.4. The van der Waals surface area contributed by atoms with E-state index >= 15 is 0 Å². The van der Waals surface area contributed by atoms with E-state index in [0.717, 1.165) is 0 Å².